The van der Waals surface area contributed by atoms with Crippen LogP contribution in [-0.2, 0) is 5.41 Å². The van der Waals surface area contributed by atoms with Crippen molar-refractivity contribution < 1.29 is 0 Å². The molecule has 18 heavy (non-hydrogen) atoms. The van der Waals surface area contributed by atoms with Crippen molar-refractivity contribution in [2.45, 2.75) is 43.9 Å². The summed E-state index contributed by atoms with van der Waals surface area (Å²) in [5.41, 5.74) is 8.46. The number of anilines is 1. The van der Waals surface area contributed by atoms with Crippen molar-refractivity contribution in [3.05, 3.63) is 28.8 Å². The molecule has 2 heteroatoms. The molecular formula is C16H20ClN. The molecule has 96 valence electrons. The molecule has 0 aromatic heterocycles. The van der Waals surface area contributed by atoms with E-state index in [2.05, 4.69) is 12.1 Å². The summed E-state index contributed by atoms with van der Waals surface area (Å²) in [4.78, 5) is 0. The average Bonchev–Trinajstić information content (AvgIpc) is 2.31. The van der Waals surface area contributed by atoms with Gasteiger partial charge in [-0.1, -0.05) is 17.7 Å². The number of hydrogen-bond acceptors (Lipinski definition) is 1. The first-order valence-electron chi connectivity index (χ1n) is 7.20. The Hall–Kier alpha value is -0.690. The molecule has 4 saturated carbocycles. The Morgan fingerprint density at radius 2 is 1.56 bits per heavy atom. The molecule has 1 aromatic carbocycles. The van der Waals surface area contributed by atoms with Crippen molar-refractivity contribution in [1.82, 2.24) is 0 Å². The molecule has 2 N–H and O–H groups in total. The molecule has 0 saturated heterocycles. The van der Waals surface area contributed by atoms with Crippen LogP contribution in [0.4, 0.5) is 5.69 Å². The third-order valence-corrected chi connectivity index (χ3v) is 5.98. The van der Waals surface area contributed by atoms with Gasteiger partial charge in [0.05, 0.1) is 10.7 Å². The van der Waals surface area contributed by atoms with Crippen molar-refractivity contribution in [1.29, 1.82) is 0 Å². The van der Waals surface area contributed by atoms with E-state index in [1.165, 1.54) is 44.1 Å². The lowest BCUT2D eigenvalue weighted by atomic mass is 9.48. The van der Waals surface area contributed by atoms with Crippen molar-refractivity contribution in [2.24, 2.45) is 17.8 Å². The Balaban J connectivity index is 1.76. The van der Waals surface area contributed by atoms with Crippen LogP contribution in [0, 0.1) is 17.8 Å². The SMILES string of the molecule is Nc1ccc(C23CC4CC(CC(C4)C2)C3)cc1Cl. The summed E-state index contributed by atoms with van der Waals surface area (Å²) in [5, 5.41) is 0.739. The molecule has 0 amide bonds. The monoisotopic (exact) mass is 261 g/mol. The van der Waals surface area contributed by atoms with E-state index >= 15 is 0 Å². The van der Waals surface area contributed by atoms with Gasteiger partial charge in [0.2, 0.25) is 0 Å². The van der Waals surface area contributed by atoms with Crippen LogP contribution in [0.15, 0.2) is 18.2 Å². The van der Waals surface area contributed by atoms with Crippen molar-refractivity contribution in [3.8, 4) is 0 Å². The second-order valence-electron chi connectivity index (χ2n) is 6.93. The number of benzene rings is 1. The van der Waals surface area contributed by atoms with E-state index in [0.717, 1.165) is 22.8 Å². The fourth-order valence-electron chi connectivity index (χ4n) is 5.32. The maximum atomic E-state index is 6.23. The number of hydrogen-bond donors (Lipinski definition) is 1. The second kappa shape index (κ2) is 3.66. The molecule has 4 bridgehead atoms. The van der Waals surface area contributed by atoms with Crippen LogP contribution in [0.1, 0.15) is 44.1 Å². The highest BCUT2D eigenvalue weighted by Crippen LogP contribution is 2.60. The van der Waals surface area contributed by atoms with Gasteiger partial charge in [-0.15, -0.1) is 0 Å². The molecule has 1 aromatic rings. The summed E-state index contributed by atoms with van der Waals surface area (Å²) < 4.78 is 0. The molecule has 0 spiro atoms. The van der Waals surface area contributed by atoms with E-state index in [9.17, 15) is 0 Å². The summed E-state index contributed by atoms with van der Waals surface area (Å²) in [6.45, 7) is 0. The predicted octanol–water partition coefficient (Wildman–Crippen LogP) is 4.39. The Morgan fingerprint density at radius 1 is 1.00 bits per heavy atom. The Kier molecular flexibility index (Phi) is 2.27. The van der Waals surface area contributed by atoms with Gasteiger partial charge in [-0.2, -0.15) is 0 Å². The number of rotatable bonds is 1. The van der Waals surface area contributed by atoms with Gasteiger partial charge in [0.1, 0.15) is 0 Å². The van der Waals surface area contributed by atoms with Gasteiger partial charge in [0, 0.05) is 0 Å². The maximum Gasteiger partial charge on any atom is 0.0638 e. The molecular weight excluding hydrogens is 242 g/mol. The molecule has 0 unspecified atom stereocenters. The van der Waals surface area contributed by atoms with E-state index in [1.54, 1.807) is 0 Å². The standard InChI is InChI=1S/C16H20ClN/c17-14-6-13(1-2-15(14)18)16-7-10-3-11(8-16)5-12(4-10)9-16/h1-2,6,10-12H,3-5,7-9,18H2. The highest BCUT2D eigenvalue weighted by molar-refractivity contribution is 6.33. The molecule has 0 aliphatic heterocycles. The minimum absolute atomic E-state index is 0.437. The quantitative estimate of drug-likeness (QED) is 0.746. The van der Waals surface area contributed by atoms with Crippen molar-refractivity contribution in [2.75, 3.05) is 5.73 Å². The van der Waals surface area contributed by atoms with E-state index in [4.69, 9.17) is 17.3 Å². The molecule has 0 radical (unpaired) electrons. The lowest BCUT2D eigenvalue weighted by Crippen LogP contribution is -2.48. The topological polar surface area (TPSA) is 26.0 Å². The first kappa shape index (κ1) is 11.2. The summed E-state index contributed by atoms with van der Waals surface area (Å²) in [7, 11) is 0. The molecule has 4 fully saturated rings. The molecule has 4 aliphatic carbocycles. The van der Waals surface area contributed by atoms with Crippen LogP contribution >= 0.6 is 11.6 Å². The van der Waals surface area contributed by atoms with E-state index in [0.29, 0.717) is 11.1 Å². The Morgan fingerprint density at radius 3 is 2.06 bits per heavy atom. The number of halogens is 1. The van der Waals surface area contributed by atoms with Crippen LogP contribution in [-0.4, -0.2) is 0 Å². The molecule has 0 heterocycles. The van der Waals surface area contributed by atoms with Crippen LogP contribution in [0.2, 0.25) is 5.02 Å². The fourth-order valence-corrected chi connectivity index (χ4v) is 5.50. The molecule has 1 nitrogen and oxygen atoms in total. The molecule has 5 rings (SSSR count). The van der Waals surface area contributed by atoms with Gasteiger partial charge >= 0.3 is 0 Å². The summed E-state index contributed by atoms with van der Waals surface area (Å²) in [6.07, 6.45) is 8.63. The Bertz CT molecular complexity index is 459. The van der Waals surface area contributed by atoms with Gasteiger partial charge in [0.15, 0.2) is 0 Å². The average molecular weight is 262 g/mol. The molecule has 0 atom stereocenters. The largest absolute Gasteiger partial charge is 0.398 e. The van der Waals surface area contributed by atoms with Gasteiger partial charge in [0.25, 0.3) is 0 Å². The van der Waals surface area contributed by atoms with Gasteiger partial charge in [-0.3, -0.25) is 0 Å². The van der Waals surface area contributed by atoms with E-state index < -0.39 is 0 Å². The van der Waals surface area contributed by atoms with E-state index in [1.807, 2.05) is 6.07 Å². The van der Waals surface area contributed by atoms with Crippen molar-refractivity contribution >= 4 is 17.3 Å². The number of nitrogen functional groups attached to an aromatic ring is 1. The van der Waals surface area contributed by atoms with Gasteiger partial charge in [-0.05, 0) is 79.4 Å². The summed E-state index contributed by atoms with van der Waals surface area (Å²) in [5.74, 6) is 2.94. The van der Waals surface area contributed by atoms with Crippen molar-refractivity contribution in [3.63, 3.8) is 0 Å². The normalized spacial score (nSPS) is 41.3. The smallest absolute Gasteiger partial charge is 0.0638 e. The van der Waals surface area contributed by atoms with Crippen LogP contribution < -0.4 is 5.73 Å². The Labute approximate surface area is 114 Å². The minimum Gasteiger partial charge on any atom is -0.398 e. The highest BCUT2D eigenvalue weighted by atomic mass is 35.5. The van der Waals surface area contributed by atoms with E-state index in [-0.39, 0.29) is 0 Å². The third kappa shape index (κ3) is 1.53. The lowest BCUT2D eigenvalue weighted by Gasteiger charge is -2.57. The van der Waals surface area contributed by atoms with Crippen LogP contribution in [0.5, 0.6) is 0 Å². The fraction of sp³-hybridized carbons (Fsp3) is 0.625. The predicted molar refractivity (Wildman–Crippen MR) is 75.7 cm³/mol. The van der Waals surface area contributed by atoms with Gasteiger partial charge in [-0.25, -0.2) is 0 Å². The number of nitrogens with two attached hydrogens (primary N) is 1. The zero-order valence-corrected chi connectivity index (χ0v) is 11.4. The summed E-state index contributed by atoms with van der Waals surface area (Å²) in [6, 6.07) is 6.37. The summed E-state index contributed by atoms with van der Waals surface area (Å²) >= 11 is 6.23. The maximum absolute atomic E-state index is 6.23. The van der Waals surface area contributed by atoms with Crippen LogP contribution in [0.3, 0.4) is 0 Å². The van der Waals surface area contributed by atoms with Crippen LogP contribution in [0.25, 0.3) is 0 Å². The second-order valence-corrected chi connectivity index (χ2v) is 7.34. The van der Waals surface area contributed by atoms with Gasteiger partial charge < -0.3 is 5.73 Å². The minimum atomic E-state index is 0.437. The third-order valence-electron chi connectivity index (χ3n) is 5.65. The zero-order valence-electron chi connectivity index (χ0n) is 10.7. The molecule has 4 aliphatic rings. The highest BCUT2D eigenvalue weighted by Gasteiger charge is 2.51. The first-order chi connectivity index (χ1) is 8.64. The first-order valence-corrected chi connectivity index (χ1v) is 7.58. The lowest BCUT2D eigenvalue weighted by molar-refractivity contribution is -0.00517. The zero-order chi connectivity index (χ0) is 12.3.